The molecule has 3 nitrogen and oxygen atoms in total. The molecule has 2 aromatic carbocycles. The van der Waals surface area contributed by atoms with E-state index in [1.54, 1.807) is 0 Å². The van der Waals surface area contributed by atoms with E-state index in [2.05, 4.69) is 65.3 Å². The summed E-state index contributed by atoms with van der Waals surface area (Å²) in [5, 5.41) is 3.20. The van der Waals surface area contributed by atoms with Crippen molar-refractivity contribution in [1.29, 1.82) is 0 Å². The molecular weight excluding hydrogens is 368 g/mol. The zero-order chi connectivity index (χ0) is 20.5. The van der Waals surface area contributed by atoms with Crippen molar-refractivity contribution < 1.29 is 4.79 Å². The maximum absolute atomic E-state index is 12.6. The Hall–Kier alpha value is -2.81. The van der Waals surface area contributed by atoms with Crippen molar-refractivity contribution in [3.8, 4) is 16.9 Å². The van der Waals surface area contributed by atoms with E-state index in [9.17, 15) is 4.79 Å². The Kier molecular flexibility index (Phi) is 5.20. The fourth-order valence-corrected chi connectivity index (χ4v) is 5.13. The molecule has 2 aliphatic rings. The van der Waals surface area contributed by atoms with Gasteiger partial charge in [-0.2, -0.15) is 0 Å². The summed E-state index contributed by atoms with van der Waals surface area (Å²) in [4.78, 5) is 12.6. The number of aromatic nitrogens is 1. The largest absolute Gasteiger partial charge is 0.349 e. The van der Waals surface area contributed by atoms with Crippen LogP contribution in [0.5, 0.6) is 0 Å². The maximum Gasteiger partial charge on any atom is 0.251 e. The van der Waals surface area contributed by atoms with Crippen molar-refractivity contribution >= 4 is 5.91 Å². The number of nitrogens with one attached hydrogen (secondary N) is 1. The van der Waals surface area contributed by atoms with E-state index in [1.807, 2.05) is 12.1 Å². The van der Waals surface area contributed by atoms with Crippen LogP contribution in [0.25, 0.3) is 16.9 Å². The predicted molar refractivity (Wildman–Crippen MR) is 122 cm³/mol. The van der Waals surface area contributed by atoms with Crippen molar-refractivity contribution in [1.82, 2.24) is 9.88 Å². The van der Waals surface area contributed by atoms with Crippen LogP contribution in [0.2, 0.25) is 0 Å². The third-order valence-electron chi connectivity index (χ3n) is 6.78. The highest BCUT2D eigenvalue weighted by molar-refractivity contribution is 5.94. The number of carbonyl (C=O) groups is 1. The molecule has 1 amide bonds. The summed E-state index contributed by atoms with van der Waals surface area (Å²) in [6.45, 7) is 2.35. The van der Waals surface area contributed by atoms with Crippen LogP contribution in [0.15, 0.2) is 60.7 Å². The molecule has 0 spiro atoms. The Morgan fingerprint density at radius 1 is 0.967 bits per heavy atom. The van der Waals surface area contributed by atoms with Gasteiger partial charge < -0.3 is 9.88 Å². The summed E-state index contributed by atoms with van der Waals surface area (Å²) in [5.74, 6) is 0.790. The van der Waals surface area contributed by atoms with Gasteiger partial charge in [-0.05, 0) is 79.5 Å². The molecule has 1 N–H and O–H groups in total. The van der Waals surface area contributed by atoms with E-state index in [0.29, 0.717) is 6.04 Å². The van der Waals surface area contributed by atoms with Gasteiger partial charge in [0, 0.05) is 23.0 Å². The van der Waals surface area contributed by atoms with Crippen LogP contribution >= 0.6 is 0 Å². The second kappa shape index (κ2) is 8.14. The summed E-state index contributed by atoms with van der Waals surface area (Å²) in [6, 6.07) is 21.5. The van der Waals surface area contributed by atoms with Gasteiger partial charge in [-0.15, -0.1) is 0 Å². The van der Waals surface area contributed by atoms with Crippen LogP contribution in [-0.2, 0) is 12.8 Å². The van der Waals surface area contributed by atoms with Gasteiger partial charge in [0.2, 0.25) is 0 Å². The lowest BCUT2D eigenvalue weighted by molar-refractivity contribution is 0.0938. The molecule has 1 atom stereocenters. The van der Waals surface area contributed by atoms with Crippen LogP contribution in [0.3, 0.4) is 0 Å². The lowest BCUT2D eigenvalue weighted by atomic mass is 9.89. The first-order valence-corrected chi connectivity index (χ1v) is 11.4. The Balaban J connectivity index is 1.49. The lowest BCUT2D eigenvalue weighted by Gasteiger charge is -2.21. The number of benzene rings is 2. The zero-order valence-electron chi connectivity index (χ0n) is 17.7. The van der Waals surface area contributed by atoms with Crippen LogP contribution < -0.4 is 5.32 Å². The Bertz CT molecular complexity index is 1030. The van der Waals surface area contributed by atoms with Gasteiger partial charge in [0.05, 0.1) is 5.69 Å². The molecule has 3 heteroatoms. The van der Waals surface area contributed by atoms with Gasteiger partial charge in [0.15, 0.2) is 0 Å². The summed E-state index contributed by atoms with van der Waals surface area (Å²) < 4.78 is 2.41. The molecule has 1 fully saturated rings. The number of rotatable bonds is 4. The molecule has 1 saturated carbocycles. The second-order valence-electron chi connectivity index (χ2n) is 9.05. The fourth-order valence-electron chi connectivity index (χ4n) is 5.13. The summed E-state index contributed by atoms with van der Waals surface area (Å²) in [7, 11) is 0. The molecular formula is C27H30N2O. The quantitative estimate of drug-likeness (QED) is 0.580. The molecule has 0 aliphatic heterocycles. The Morgan fingerprint density at radius 3 is 2.43 bits per heavy atom. The van der Waals surface area contributed by atoms with E-state index in [0.717, 1.165) is 42.9 Å². The first-order chi connectivity index (χ1) is 14.7. The number of hydrogen-bond acceptors (Lipinski definition) is 1. The molecule has 0 bridgehead atoms. The normalized spacial score (nSPS) is 18.9. The minimum atomic E-state index is 0.0556. The molecule has 30 heavy (non-hydrogen) atoms. The molecule has 1 heterocycles. The highest BCUT2D eigenvalue weighted by Crippen LogP contribution is 2.35. The SMILES string of the molecule is CC1CCc2c(cc(-c3ccccc3)n2-c2ccc(C(=O)NC3CCCC3)cc2)C1. The first kappa shape index (κ1) is 19.2. The monoisotopic (exact) mass is 398 g/mol. The van der Waals surface area contributed by atoms with Crippen molar-refractivity contribution in [2.45, 2.75) is 57.9 Å². The molecule has 3 aromatic rings. The van der Waals surface area contributed by atoms with E-state index < -0.39 is 0 Å². The topological polar surface area (TPSA) is 34.0 Å². The number of hydrogen-bond donors (Lipinski definition) is 1. The predicted octanol–water partition coefficient (Wildman–Crippen LogP) is 5.94. The highest BCUT2D eigenvalue weighted by Gasteiger charge is 2.23. The van der Waals surface area contributed by atoms with Gasteiger partial charge >= 0.3 is 0 Å². The van der Waals surface area contributed by atoms with E-state index in [1.165, 1.54) is 41.8 Å². The number of carbonyl (C=O) groups excluding carboxylic acids is 1. The average Bonchev–Trinajstić information content (AvgIpc) is 3.42. The van der Waals surface area contributed by atoms with Crippen molar-refractivity contribution in [2.75, 3.05) is 0 Å². The zero-order valence-corrected chi connectivity index (χ0v) is 17.7. The third kappa shape index (κ3) is 3.69. The van der Waals surface area contributed by atoms with Crippen molar-refractivity contribution in [2.24, 2.45) is 5.92 Å². The van der Waals surface area contributed by atoms with E-state index >= 15 is 0 Å². The maximum atomic E-state index is 12.6. The smallest absolute Gasteiger partial charge is 0.251 e. The minimum absolute atomic E-state index is 0.0556. The van der Waals surface area contributed by atoms with E-state index in [4.69, 9.17) is 0 Å². The van der Waals surface area contributed by atoms with Crippen LogP contribution in [0.1, 0.15) is 60.6 Å². The van der Waals surface area contributed by atoms with Crippen LogP contribution in [0, 0.1) is 5.92 Å². The number of nitrogens with zero attached hydrogens (tertiary/aromatic N) is 1. The first-order valence-electron chi connectivity index (χ1n) is 11.4. The lowest BCUT2D eigenvalue weighted by Crippen LogP contribution is -2.32. The molecule has 2 aliphatic carbocycles. The van der Waals surface area contributed by atoms with Crippen LogP contribution in [0.4, 0.5) is 0 Å². The highest BCUT2D eigenvalue weighted by atomic mass is 16.1. The van der Waals surface area contributed by atoms with E-state index in [-0.39, 0.29) is 5.91 Å². The number of amides is 1. The summed E-state index contributed by atoms with van der Waals surface area (Å²) in [5.41, 5.74) is 7.27. The average molecular weight is 399 g/mol. The van der Waals surface area contributed by atoms with Crippen molar-refractivity contribution in [3.63, 3.8) is 0 Å². The molecule has 0 radical (unpaired) electrons. The molecule has 1 aromatic heterocycles. The van der Waals surface area contributed by atoms with Gasteiger partial charge in [0.25, 0.3) is 5.91 Å². The fraction of sp³-hybridized carbons (Fsp3) is 0.370. The van der Waals surface area contributed by atoms with Gasteiger partial charge in [-0.3, -0.25) is 4.79 Å². The number of fused-ring (bicyclic) bond motifs is 1. The molecule has 1 unspecified atom stereocenters. The third-order valence-corrected chi connectivity index (χ3v) is 6.78. The summed E-state index contributed by atoms with van der Waals surface area (Å²) in [6.07, 6.45) is 8.15. The van der Waals surface area contributed by atoms with Gasteiger partial charge in [-0.25, -0.2) is 0 Å². The van der Waals surface area contributed by atoms with Gasteiger partial charge in [-0.1, -0.05) is 50.1 Å². The molecule has 5 rings (SSSR count). The van der Waals surface area contributed by atoms with Gasteiger partial charge in [0.1, 0.15) is 0 Å². The standard InChI is InChI=1S/C27H30N2O/c1-19-11-16-25-22(17-19)18-26(20-7-3-2-4-8-20)29(25)24-14-12-21(13-15-24)27(30)28-23-9-5-6-10-23/h2-4,7-8,12-15,18-19,23H,5-6,9-11,16-17H2,1H3,(H,28,30). The minimum Gasteiger partial charge on any atom is -0.349 e. The second-order valence-corrected chi connectivity index (χ2v) is 9.05. The summed E-state index contributed by atoms with van der Waals surface area (Å²) >= 11 is 0. The Labute approximate surface area is 179 Å². The molecule has 0 saturated heterocycles. The van der Waals surface area contributed by atoms with Crippen LogP contribution in [-0.4, -0.2) is 16.5 Å². The molecule has 154 valence electrons. The Morgan fingerprint density at radius 2 is 1.70 bits per heavy atom. The van der Waals surface area contributed by atoms with Crippen molar-refractivity contribution in [3.05, 3.63) is 77.5 Å².